The van der Waals surface area contributed by atoms with E-state index in [0.29, 0.717) is 6.42 Å². The molecular weight excluding hydrogens is 226 g/mol. The van der Waals surface area contributed by atoms with Gasteiger partial charge in [0.1, 0.15) is 12.6 Å². The Morgan fingerprint density at radius 1 is 1.53 bits per heavy atom. The molecule has 1 unspecified atom stereocenters. The van der Waals surface area contributed by atoms with Crippen LogP contribution in [0.4, 0.5) is 0 Å². The lowest BCUT2D eigenvalue weighted by Gasteiger charge is -2.10. The van der Waals surface area contributed by atoms with E-state index in [2.05, 4.69) is 9.97 Å². The zero-order chi connectivity index (χ0) is 12.5. The van der Waals surface area contributed by atoms with E-state index in [1.165, 1.54) is 6.33 Å². The van der Waals surface area contributed by atoms with Gasteiger partial charge < -0.3 is 25.3 Å². The first-order chi connectivity index (χ1) is 8.24. The number of nitrogens with one attached hydrogen (secondary N) is 1. The molecule has 0 fully saturated rings. The Kier molecular flexibility index (Phi) is 6.23. The highest BCUT2D eigenvalue weighted by atomic mass is 16.6. The van der Waals surface area contributed by atoms with Gasteiger partial charge in [-0.1, -0.05) is 0 Å². The first-order valence-electron chi connectivity index (χ1n) is 5.32. The minimum atomic E-state index is -0.715. The predicted octanol–water partition coefficient (Wildman–Crippen LogP) is -1.17. The van der Waals surface area contributed by atoms with Crippen molar-refractivity contribution in [2.75, 3.05) is 26.4 Å². The second-order valence-corrected chi connectivity index (χ2v) is 3.39. The van der Waals surface area contributed by atoms with E-state index in [9.17, 15) is 4.79 Å². The number of nitrogens with zero attached hydrogens (tertiary/aromatic N) is 1. The van der Waals surface area contributed by atoms with Crippen molar-refractivity contribution in [2.24, 2.45) is 5.73 Å². The summed E-state index contributed by atoms with van der Waals surface area (Å²) < 4.78 is 9.83. The van der Waals surface area contributed by atoms with Crippen molar-refractivity contribution in [3.05, 3.63) is 18.2 Å². The molecule has 1 atom stereocenters. The van der Waals surface area contributed by atoms with Gasteiger partial charge in [-0.25, -0.2) is 4.98 Å². The lowest BCUT2D eigenvalue weighted by molar-refractivity contribution is -0.146. The van der Waals surface area contributed by atoms with E-state index in [4.69, 9.17) is 20.3 Å². The third kappa shape index (κ3) is 5.43. The third-order valence-corrected chi connectivity index (χ3v) is 2.01. The SMILES string of the molecule is NC(Cc1cnc[nH]1)C(=O)OCCOCCO. The summed E-state index contributed by atoms with van der Waals surface area (Å²) in [6, 6.07) is -0.715. The van der Waals surface area contributed by atoms with Crippen LogP contribution in [0.25, 0.3) is 0 Å². The third-order valence-electron chi connectivity index (χ3n) is 2.01. The minimum absolute atomic E-state index is 0.0483. The van der Waals surface area contributed by atoms with Gasteiger partial charge in [0.05, 0.1) is 26.1 Å². The van der Waals surface area contributed by atoms with Crippen LogP contribution in [-0.4, -0.2) is 53.5 Å². The van der Waals surface area contributed by atoms with Crippen molar-refractivity contribution in [1.29, 1.82) is 0 Å². The number of ether oxygens (including phenoxy) is 2. The van der Waals surface area contributed by atoms with Gasteiger partial charge in [-0.15, -0.1) is 0 Å². The van der Waals surface area contributed by atoms with Crippen LogP contribution < -0.4 is 5.73 Å². The molecule has 0 aromatic carbocycles. The van der Waals surface area contributed by atoms with Gasteiger partial charge >= 0.3 is 5.97 Å². The number of hydrogen-bond donors (Lipinski definition) is 3. The molecule has 0 radical (unpaired) electrons. The summed E-state index contributed by atoms with van der Waals surface area (Å²) in [6.07, 6.45) is 3.49. The highest BCUT2D eigenvalue weighted by Gasteiger charge is 2.15. The Balaban J connectivity index is 2.14. The molecule has 96 valence electrons. The second-order valence-electron chi connectivity index (χ2n) is 3.39. The standard InChI is InChI=1S/C10H17N3O4/c11-9(5-8-6-12-7-13-8)10(15)17-4-3-16-2-1-14/h6-7,9,14H,1-5,11H2,(H,12,13). The molecule has 7 nitrogen and oxygen atoms in total. The lowest BCUT2D eigenvalue weighted by Crippen LogP contribution is -2.35. The molecule has 1 aromatic rings. The number of aliphatic hydroxyl groups excluding tert-OH is 1. The maximum Gasteiger partial charge on any atom is 0.323 e. The first-order valence-corrected chi connectivity index (χ1v) is 5.32. The van der Waals surface area contributed by atoms with Crippen LogP contribution in [0.3, 0.4) is 0 Å². The molecule has 0 saturated heterocycles. The van der Waals surface area contributed by atoms with Gasteiger partial charge in [-0.3, -0.25) is 4.79 Å². The molecule has 17 heavy (non-hydrogen) atoms. The van der Waals surface area contributed by atoms with Crippen LogP contribution >= 0.6 is 0 Å². The van der Waals surface area contributed by atoms with E-state index in [1.807, 2.05) is 0 Å². The molecule has 0 spiro atoms. The molecule has 0 amide bonds. The second kappa shape index (κ2) is 7.77. The van der Waals surface area contributed by atoms with Crippen molar-refractivity contribution in [1.82, 2.24) is 9.97 Å². The molecule has 0 aliphatic heterocycles. The fourth-order valence-corrected chi connectivity index (χ4v) is 1.19. The normalized spacial score (nSPS) is 12.4. The van der Waals surface area contributed by atoms with Crippen LogP contribution in [0.1, 0.15) is 5.69 Å². The summed E-state index contributed by atoms with van der Waals surface area (Å²) in [5.74, 6) is -0.479. The average molecular weight is 243 g/mol. The number of hydrogen-bond acceptors (Lipinski definition) is 6. The highest BCUT2D eigenvalue weighted by Crippen LogP contribution is 1.98. The van der Waals surface area contributed by atoms with Crippen molar-refractivity contribution < 1.29 is 19.4 Å². The highest BCUT2D eigenvalue weighted by molar-refractivity contribution is 5.75. The predicted molar refractivity (Wildman–Crippen MR) is 59.1 cm³/mol. The first kappa shape index (κ1) is 13.6. The Bertz CT molecular complexity index is 315. The number of aromatic nitrogens is 2. The fraction of sp³-hybridized carbons (Fsp3) is 0.600. The number of nitrogens with two attached hydrogens (primary N) is 1. The van der Waals surface area contributed by atoms with Gasteiger partial charge in [0.15, 0.2) is 0 Å². The van der Waals surface area contributed by atoms with Crippen LogP contribution in [0.15, 0.2) is 12.5 Å². The molecule has 0 aliphatic rings. The fourth-order valence-electron chi connectivity index (χ4n) is 1.19. The van der Waals surface area contributed by atoms with E-state index in [1.54, 1.807) is 6.20 Å². The van der Waals surface area contributed by atoms with E-state index in [-0.39, 0.29) is 26.4 Å². The number of rotatable bonds is 8. The van der Waals surface area contributed by atoms with E-state index < -0.39 is 12.0 Å². The van der Waals surface area contributed by atoms with Crippen molar-refractivity contribution >= 4 is 5.97 Å². The van der Waals surface area contributed by atoms with Crippen LogP contribution in [0.5, 0.6) is 0 Å². The quantitative estimate of drug-likeness (QED) is 0.392. The Hall–Kier alpha value is -1.44. The summed E-state index contributed by atoms with van der Waals surface area (Å²) in [5.41, 5.74) is 6.43. The molecule has 1 rings (SSSR count). The summed E-state index contributed by atoms with van der Waals surface area (Å²) >= 11 is 0. The minimum Gasteiger partial charge on any atom is -0.462 e. The average Bonchev–Trinajstić information content (AvgIpc) is 2.81. The summed E-state index contributed by atoms with van der Waals surface area (Å²) in [6.45, 7) is 0.573. The van der Waals surface area contributed by atoms with Crippen LogP contribution in [-0.2, 0) is 20.7 Å². The van der Waals surface area contributed by atoms with Crippen LogP contribution in [0, 0.1) is 0 Å². The summed E-state index contributed by atoms with van der Waals surface area (Å²) in [4.78, 5) is 18.1. The number of H-pyrrole nitrogens is 1. The zero-order valence-corrected chi connectivity index (χ0v) is 9.46. The number of esters is 1. The smallest absolute Gasteiger partial charge is 0.323 e. The van der Waals surface area contributed by atoms with Gasteiger partial charge in [0, 0.05) is 18.3 Å². The molecule has 4 N–H and O–H groups in total. The number of carbonyl (C=O) groups excluding carboxylic acids is 1. The van der Waals surface area contributed by atoms with E-state index >= 15 is 0 Å². The maximum atomic E-state index is 11.4. The number of imidazole rings is 1. The van der Waals surface area contributed by atoms with Gasteiger partial charge in [-0.05, 0) is 0 Å². The number of aliphatic hydroxyl groups is 1. The Labute approximate surface area is 98.9 Å². The monoisotopic (exact) mass is 243 g/mol. The zero-order valence-electron chi connectivity index (χ0n) is 9.46. The van der Waals surface area contributed by atoms with Crippen molar-refractivity contribution in [2.45, 2.75) is 12.5 Å². The lowest BCUT2D eigenvalue weighted by atomic mass is 10.2. The maximum absolute atomic E-state index is 11.4. The largest absolute Gasteiger partial charge is 0.462 e. The molecule has 0 aliphatic carbocycles. The van der Waals surface area contributed by atoms with Crippen molar-refractivity contribution in [3.63, 3.8) is 0 Å². The van der Waals surface area contributed by atoms with Gasteiger partial charge in [0.25, 0.3) is 0 Å². The molecule has 0 saturated carbocycles. The number of carbonyl (C=O) groups is 1. The molecule has 1 aromatic heterocycles. The molecule has 0 bridgehead atoms. The number of aromatic amines is 1. The van der Waals surface area contributed by atoms with Crippen LogP contribution in [0.2, 0.25) is 0 Å². The molecule has 7 heteroatoms. The van der Waals surface area contributed by atoms with Gasteiger partial charge in [-0.2, -0.15) is 0 Å². The Morgan fingerprint density at radius 2 is 2.35 bits per heavy atom. The summed E-state index contributed by atoms with van der Waals surface area (Å²) in [7, 11) is 0. The van der Waals surface area contributed by atoms with E-state index in [0.717, 1.165) is 5.69 Å². The Morgan fingerprint density at radius 3 is 3.00 bits per heavy atom. The summed E-state index contributed by atoms with van der Waals surface area (Å²) in [5, 5.41) is 8.44. The molecule has 1 heterocycles. The van der Waals surface area contributed by atoms with Crippen molar-refractivity contribution in [3.8, 4) is 0 Å². The molecular formula is C10H17N3O4. The van der Waals surface area contributed by atoms with Gasteiger partial charge in [0.2, 0.25) is 0 Å². The topological polar surface area (TPSA) is 110 Å².